The fourth-order valence-corrected chi connectivity index (χ4v) is 5.33. The SMILES string of the molecule is CCC1=C(C(=O)OC)[C@@H](c2ccccc2)n2c(s/c(=C\c3ccc(OCC#N)c(Br)c3)c2=O)=N1. The summed E-state index contributed by atoms with van der Waals surface area (Å²) in [6, 6.07) is 16.1. The smallest absolute Gasteiger partial charge is 0.338 e. The van der Waals surface area contributed by atoms with Gasteiger partial charge in [0.15, 0.2) is 11.4 Å². The Morgan fingerprint density at radius 2 is 2.06 bits per heavy atom. The highest BCUT2D eigenvalue weighted by atomic mass is 79.9. The molecule has 9 heteroatoms. The highest BCUT2D eigenvalue weighted by Crippen LogP contribution is 2.31. The summed E-state index contributed by atoms with van der Waals surface area (Å²) in [6.45, 7) is 1.87. The van der Waals surface area contributed by atoms with Crippen LogP contribution in [0, 0.1) is 11.3 Å². The summed E-state index contributed by atoms with van der Waals surface area (Å²) in [5.74, 6) is 0.0418. The number of aromatic nitrogens is 1. The van der Waals surface area contributed by atoms with Gasteiger partial charge in [-0.05, 0) is 51.7 Å². The minimum atomic E-state index is -0.629. The lowest BCUT2D eigenvalue weighted by Gasteiger charge is -2.25. The Balaban J connectivity index is 1.89. The lowest BCUT2D eigenvalue weighted by atomic mass is 9.95. The van der Waals surface area contributed by atoms with Crippen molar-refractivity contribution >= 4 is 39.3 Å². The zero-order chi connectivity index (χ0) is 24.2. The third kappa shape index (κ3) is 4.47. The number of methoxy groups -OCH3 is 1. The van der Waals surface area contributed by atoms with E-state index in [9.17, 15) is 9.59 Å². The van der Waals surface area contributed by atoms with E-state index in [1.54, 1.807) is 16.7 Å². The van der Waals surface area contributed by atoms with Crippen LogP contribution in [-0.2, 0) is 9.53 Å². The maximum atomic E-state index is 13.6. The first-order valence-corrected chi connectivity index (χ1v) is 12.1. The highest BCUT2D eigenvalue weighted by Gasteiger charge is 2.33. The number of rotatable bonds is 6. The standard InChI is InChI=1S/C25H20BrN3O4S/c1-3-18-21(24(31)32-2)22(16-7-5-4-6-8-16)29-23(30)20(34-25(29)28-18)14-15-9-10-19(17(26)13-15)33-12-11-27/h4-10,13-14,22H,3,12H2,1-2H3/b20-14-/t22-/m1/s1. The summed E-state index contributed by atoms with van der Waals surface area (Å²) in [4.78, 5) is 31.6. The minimum absolute atomic E-state index is 0.0572. The summed E-state index contributed by atoms with van der Waals surface area (Å²) in [7, 11) is 1.33. The zero-order valence-corrected chi connectivity index (χ0v) is 20.9. The average molecular weight is 538 g/mol. The van der Waals surface area contributed by atoms with Gasteiger partial charge in [0.25, 0.3) is 5.56 Å². The topological polar surface area (TPSA) is 93.7 Å². The van der Waals surface area contributed by atoms with E-state index in [-0.39, 0.29) is 12.2 Å². The molecular formula is C25H20BrN3O4S. The Morgan fingerprint density at radius 3 is 2.71 bits per heavy atom. The van der Waals surface area contributed by atoms with Gasteiger partial charge in [-0.25, -0.2) is 9.79 Å². The Morgan fingerprint density at radius 1 is 1.29 bits per heavy atom. The number of nitrogens with zero attached hydrogens (tertiary/aromatic N) is 3. The van der Waals surface area contributed by atoms with E-state index in [0.717, 1.165) is 11.1 Å². The third-order valence-corrected chi connectivity index (χ3v) is 6.91. The summed E-state index contributed by atoms with van der Waals surface area (Å²) in [6.07, 6.45) is 2.30. The van der Waals surface area contributed by atoms with Crippen LogP contribution in [0.2, 0.25) is 0 Å². The van der Waals surface area contributed by atoms with Crippen molar-refractivity contribution in [3.8, 4) is 11.8 Å². The molecule has 7 nitrogen and oxygen atoms in total. The van der Waals surface area contributed by atoms with Gasteiger partial charge in [-0.1, -0.05) is 54.7 Å². The number of hydrogen-bond donors (Lipinski definition) is 0. The number of ether oxygens (including phenoxy) is 2. The van der Waals surface area contributed by atoms with Crippen molar-refractivity contribution in [2.75, 3.05) is 13.7 Å². The molecule has 2 aromatic carbocycles. The zero-order valence-electron chi connectivity index (χ0n) is 18.4. The second-order valence-corrected chi connectivity index (χ2v) is 9.20. The number of carbonyl (C=O) groups excluding carboxylic acids is 1. The number of nitriles is 1. The molecule has 0 bridgehead atoms. The minimum Gasteiger partial charge on any atom is -0.478 e. The van der Waals surface area contributed by atoms with Crippen molar-refractivity contribution in [1.82, 2.24) is 4.57 Å². The van der Waals surface area contributed by atoms with E-state index >= 15 is 0 Å². The predicted octanol–water partition coefficient (Wildman–Crippen LogP) is 3.46. The van der Waals surface area contributed by atoms with Crippen LogP contribution in [0.4, 0.5) is 0 Å². The van der Waals surface area contributed by atoms with Crippen LogP contribution in [0.3, 0.4) is 0 Å². The van der Waals surface area contributed by atoms with Crippen molar-refractivity contribution in [2.45, 2.75) is 19.4 Å². The van der Waals surface area contributed by atoms with Crippen molar-refractivity contribution in [1.29, 1.82) is 5.26 Å². The lowest BCUT2D eigenvalue weighted by molar-refractivity contribution is -0.136. The fraction of sp³-hybridized carbons (Fsp3) is 0.200. The molecule has 1 atom stereocenters. The lowest BCUT2D eigenvalue weighted by Crippen LogP contribution is -2.40. The maximum Gasteiger partial charge on any atom is 0.338 e. The molecule has 1 aromatic heterocycles. The summed E-state index contributed by atoms with van der Waals surface area (Å²) in [5.41, 5.74) is 2.32. The number of carbonyl (C=O) groups is 1. The molecule has 34 heavy (non-hydrogen) atoms. The molecule has 0 fully saturated rings. The van der Waals surface area contributed by atoms with Crippen LogP contribution >= 0.6 is 27.3 Å². The van der Waals surface area contributed by atoms with E-state index in [1.807, 2.05) is 55.5 Å². The van der Waals surface area contributed by atoms with Gasteiger partial charge in [-0.3, -0.25) is 9.36 Å². The van der Waals surface area contributed by atoms with E-state index in [2.05, 4.69) is 20.9 Å². The van der Waals surface area contributed by atoms with Gasteiger partial charge in [0.2, 0.25) is 0 Å². The largest absolute Gasteiger partial charge is 0.478 e. The summed E-state index contributed by atoms with van der Waals surface area (Å²) >= 11 is 4.72. The molecule has 0 aliphatic carbocycles. The van der Waals surface area contributed by atoms with Crippen molar-refractivity contribution < 1.29 is 14.3 Å². The number of thiazole rings is 1. The second-order valence-electron chi connectivity index (χ2n) is 7.34. The number of esters is 1. The number of allylic oxidation sites excluding steroid dienone is 1. The first kappa shape index (κ1) is 23.7. The van der Waals surface area contributed by atoms with Crippen molar-refractivity contribution in [3.05, 3.63) is 95.1 Å². The first-order chi connectivity index (χ1) is 16.5. The molecule has 4 rings (SSSR count). The van der Waals surface area contributed by atoms with Gasteiger partial charge in [-0.15, -0.1) is 0 Å². The number of hydrogen-bond acceptors (Lipinski definition) is 7. The van der Waals surface area contributed by atoms with E-state index < -0.39 is 12.0 Å². The molecule has 0 spiro atoms. The van der Waals surface area contributed by atoms with Crippen LogP contribution < -0.4 is 19.6 Å². The molecule has 3 aromatic rings. The summed E-state index contributed by atoms with van der Waals surface area (Å²) in [5, 5.41) is 8.71. The molecule has 0 amide bonds. The normalized spacial score (nSPS) is 15.4. The van der Waals surface area contributed by atoms with Crippen LogP contribution in [0.25, 0.3) is 6.08 Å². The number of benzene rings is 2. The third-order valence-electron chi connectivity index (χ3n) is 5.31. The van der Waals surface area contributed by atoms with Gasteiger partial charge in [0, 0.05) is 0 Å². The molecule has 0 saturated heterocycles. The van der Waals surface area contributed by atoms with Gasteiger partial charge < -0.3 is 9.47 Å². The molecule has 2 heterocycles. The highest BCUT2D eigenvalue weighted by molar-refractivity contribution is 9.10. The molecule has 0 radical (unpaired) electrons. The maximum absolute atomic E-state index is 13.6. The van der Waals surface area contributed by atoms with Gasteiger partial charge >= 0.3 is 5.97 Å². The van der Waals surface area contributed by atoms with E-state index in [0.29, 0.717) is 37.2 Å². The van der Waals surface area contributed by atoms with Gasteiger partial charge in [0.05, 0.1) is 33.4 Å². The first-order valence-electron chi connectivity index (χ1n) is 10.5. The molecule has 1 aliphatic heterocycles. The second kappa shape index (κ2) is 10.2. The van der Waals surface area contributed by atoms with Crippen LogP contribution in [0.15, 0.2) is 74.1 Å². The van der Waals surface area contributed by atoms with Crippen molar-refractivity contribution in [2.24, 2.45) is 4.99 Å². The van der Waals surface area contributed by atoms with E-state index in [4.69, 9.17) is 14.7 Å². The number of halogens is 1. The predicted molar refractivity (Wildman–Crippen MR) is 132 cm³/mol. The quantitative estimate of drug-likeness (QED) is 0.449. The molecule has 172 valence electrons. The Labute approximate surface area is 208 Å². The molecule has 1 aliphatic rings. The number of fused-ring (bicyclic) bond motifs is 1. The molecule has 0 saturated carbocycles. The van der Waals surface area contributed by atoms with Crippen molar-refractivity contribution in [3.63, 3.8) is 0 Å². The fourth-order valence-electron chi connectivity index (χ4n) is 3.80. The summed E-state index contributed by atoms with van der Waals surface area (Å²) < 4.78 is 13.2. The molecule has 0 unspecified atom stereocenters. The average Bonchev–Trinajstić information content (AvgIpc) is 3.16. The van der Waals surface area contributed by atoms with Crippen LogP contribution in [0.5, 0.6) is 5.75 Å². The van der Waals surface area contributed by atoms with E-state index in [1.165, 1.54) is 18.4 Å². The Kier molecular flexibility index (Phi) is 7.10. The van der Waals surface area contributed by atoms with Crippen LogP contribution in [-0.4, -0.2) is 24.3 Å². The van der Waals surface area contributed by atoms with Crippen LogP contribution in [0.1, 0.15) is 30.5 Å². The Hall–Kier alpha value is -3.48. The monoisotopic (exact) mass is 537 g/mol. The molecule has 0 N–H and O–H groups in total. The van der Waals surface area contributed by atoms with Gasteiger partial charge in [0.1, 0.15) is 11.8 Å². The Bertz CT molecular complexity index is 1500. The molecular weight excluding hydrogens is 518 g/mol. The van der Waals surface area contributed by atoms with Gasteiger partial charge in [-0.2, -0.15) is 5.26 Å².